The van der Waals surface area contributed by atoms with Crippen molar-refractivity contribution in [2.75, 3.05) is 19.8 Å². The maximum absolute atomic E-state index is 13.3. The van der Waals surface area contributed by atoms with Gasteiger partial charge in [-0.1, -0.05) is 36.4 Å². The van der Waals surface area contributed by atoms with E-state index in [1.807, 2.05) is 31.2 Å². The second-order valence-corrected chi connectivity index (χ2v) is 5.99. The SMILES string of the molecule is Cc1cc(F)ccc1CN1CCO[C@H](CO)[C@H]1c1ccccc1. The maximum atomic E-state index is 13.3. The molecule has 0 aliphatic carbocycles. The van der Waals surface area contributed by atoms with Crippen LogP contribution in [-0.2, 0) is 11.3 Å². The third kappa shape index (κ3) is 3.61. The van der Waals surface area contributed by atoms with Crippen molar-refractivity contribution >= 4 is 0 Å². The first-order valence-corrected chi connectivity index (χ1v) is 7.95. The Kier molecular flexibility index (Phi) is 5.06. The van der Waals surface area contributed by atoms with Crippen molar-refractivity contribution in [1.29, 1.82) is 0 Å². The van der Waals surface area contributed by atoms with Gasteiger partial charge in [0.05, 0.1) is 19.3 Å². The molecular weight excluding hydrogens is 293 g/mol. The number of rotatable bonds is 4. The fourth-order valence-electron chi connectivity index (χ4n) is 3.25. The van der Waals surface area contributed by atoms with E-state index in [0.29, 0.717) is 13.2 Å². The highest BCUT2D eigenvalue weighted by Gasteiger charge is 2.33. The number of hydrogen-bond donors (Lipinski definition) is 1. The van der Waals surface area contributed by atoms with Gasteiger partial charge in [-0.3, -0.25) is 4.90 Å². The van der Waals surface area contributed by atoms with E-state index in [-0.39, 0.29) is 24.6 Å². The molecule has 1 fully saturated rings. The normalized spacial score (nSPS) is 22.2. The summed E-state index contributed by atoms with van der Waals surface area (Å²) >= 11 is 0. The van der Waals surface area contributed by atoms with E-state index in [1.165, 1.54) is 6.07 Å². The molecule has 2 aromatic rings. The molecule has 4 heteroatoms. The fraction of sp³-hybridized carbons (Fsp3) is 0.368. The average Bonchev–Trinajstić information content (AvgIpc) is 2.58. The van der Waals surface area contributed by atoms with Crippen molar-refractivity contribution in [2.45, 2.75) is 25.6 Å². The highest BCUT2D eigenvalue weighted by molar-refractivity contribution is 5.27. The molecule has 1 aliphatic rings. The Bertz CT molecular complexity index is 647. The molecule has 1 aliphatic heterocycles. The zero-order chi connectivity index (χ0) is 16.2. The highest BCUT2D eigenvalue weighted by atomic mass is 19.1. The van der Waals surface area contributed by atoms with E-state index >= 15 is 0 Å². The Morgan fingerprint density at radius 2 is 2.00 bits per heavy atom. The third-order valence-corrected chi connectivity index (χ3v) is 4.46. The van der Waals surface area contributed by atoms with Gasteiger partial charge >= 0.3 is 0 Å². The van der Waals surface area contributed by atoms with Crippen molar-refractivity contribution in [1.82, 2.24) is 4.90 Å². The molecule has 23 heavy (non-hydrogen) atoms. The molecule has 1 saturated heterocycles. The predicted octanol–water partition coefficient (Wildman–Crippen LogP) is 3.07. The number of hydrogen-bond acceptors (Lipinski definition) is 3. The van der Waals surface area contributed by atoms with Gasteiger partial charge in [0.25, 0.3) is 0 Å². The van der Waals surface area contributed by atoms with Crippen LogP contribution in [0.1, 0.15) is 22.7 Å². The van der Waals surface area contributed by atoms with Gasteiger partial charge in [0.1, 0.15) is 11.9 Å². The summed E-state index contributed by atoms with van der Waals surface area (Å²) in [5.41, 5.74) is 3.18. The Labute approximate surface area is 136 Å². The zero-order valence-corrected chi connectivity index (χ0v) is 13.3. The van der Waals surface area contributed by atoms with E-state index in [1.54, 1.807) is 6.07 Å². The molecule has 2 aromatic carbocycles. The summed E-state index contributed by atoms with van der Waals surface area (Å²) in [5, 5.41) is 9.70. The lowest BCUT2D eigenvalue weighted by molar-refractivity contribution is -0.0961. The maximum Gasteiger partial charge on any atom is 0.123 e. The Balaban J connectivity index is 1.88. The Morgan fingerprint density at radius 3 is 2.70 bits per heavy atom. The van der Waals surface area contributed by atoms with Gasteiger partial charge in [0.2, 0.25) is 0 Å². The van der Waals surface area contributed by atoms with E-state index < -0.39 is 0 Å². The van der Waals surface area contributed by atoms with E-state index in [0.717, 1.165) is 23.2 Å². The van der Waals surface area contributed by atoms with Gasteiger partial charge in [-0.05, 0) is 35.7 Å². The van der Waals surface area contributed by atoms with Crippen LogP contribution in [0.15, 0.2) is 48.5 Å². The summed E-state index contributed by atoms with van der Waals surface area (Å²) in [6.45, 7) is 4.01. The number of nitrogens with zero attached hydrogens (tertiary/aromatic N) is 1. The molecule has 1 N–H and O–H groups in total. The largest absolute Gasteiger partial charge is 0.394 e. The molecule has 3 nitrogen and oxygen atoms in total. The van der Waals surface area contributed by atoms with Crippen LogP contribution < -0.4 is 0 Å². The standard InChI is InChI=1S/C19H22FNO2/c1-14-11-17(20)8-7-16(14)12-21-9-10-23-18(13-22)19(21)15-5-3-2-4-6-15/h2-8,11,18-19,22H,9-10,12-13H2,1H3/t18-,19-/m1/s1. The summed E-state index contributed by atoms with van der Waals surface area (Å²) in [7, 11) is 0. The quantitative estimate of drug-likeness (QED) is 0.941. The highest BCUT2D eigenvalue weighted by Crippen LogP contribution is 2.31. The summed E-state index contributed by atoms with van der Waals surface area (Å²) < 4.78 is 19.1. The first kappa shape index (κ1) is 16.1. The summed E-state index contributed by atoms with van der Waals surface area (Å²) in [6.07, 6.45) is -0.244. The van der Waals surface area contributed by atoms with Crippen LogP contribution in [0.4, 0.5) is 4.39 Å². The van der Waals surface area contributed by atoms with Crippen molar-refractivity contribution in [3.05, 3.63) is 71.0 Å². The van der Waals surface area contributed by atoms with E-state index in [4.69, 9.17) is 4.74 Å². The minimum Gasteiger partial charge on any atom is -0.394 e. The molecule has 2 atom stereocenters. The monoisotopic (exact) mass is 315 g/mol. The second-order valence-electron chi connectivity index (χ2n) is 5.99. The molecule has 122 valence electrons. The molecule has 0 aromatic heterocycles. The van der Waals surface area contributed by atoms with Crippen LogP contribution in [-0.4, -0.2) is 35.9 Å². The number of ether oxygens (including phenoxy) is 1. The van der Waals surface area contributed by atoms with Crippen LogP contribution in [0.2, 0.25) is 0 Å². The van der Waals surface area contributed by atoms with Gasteiger partial charge in [0, 0.05) is 13.1 Å². The Hall–Kier alpha value is -1.75. The molecule has 0 saturated carbocycles. The van der Waals surface area contributed by atoms with Crippen LogP contribution in [0.3, 0.4) is 0 Å². The van der Waals surface area contributed by atoms with Gasteiger partial charge in [-0.25, -0.2) is 4.39 Å². The lowest BCUT2D eigenvalue weighted by atomic mass is 9.97. The van der Waals surface area contributed by atoms with Gasteiger partial charge in [-0.2, -0.15) is 0 Å². The van der Waals surface area contributed by atoms with Crippen molar-refractivity contribution in [3.63, 3.8) is 0 Å². The summed E-state index contributed by atoms with van der Waals surface area (Å²) in [4.78, 5) is 2.31. The smallest absolute Gasteiger partial charge is 0.123 e. The number of halogens is 1. The van der Waals surface area contributed by atoms with Crippen LogP contribution in [0.25, 0.3) is 0 Å². The minimum atomic E-state index is -0.244. The molecule has 1 heterocycles. The van der Waals surface area contributed by atoms with Crippen molar-refractivity contribution in [3.8, 4) is 0 Å². The zero-order valence-electron chi connectivity index (χ0n) is 13.3. The number of benzene rings is 2. The van der Waals surface area contributed by atoms with Gasteiger partial charge in [-0.15, -0.1) is 0 Å². The van der Waals surface area contributed by atoms with Crippen LogP contribution in [0, 0.1) is 12.7 Å². The van der Waals surface area contributed by atoms with Gasteiger partial charge < -0.3 is 9.84 Å². The number of aliphatic hydroxyl groups excluding tert-OH is 1. The lowest BCUT2D eigenvalue weighted by Crippen LogP contribution is -2.46. The lowest BCUT2D eigenvalue weighted by Gasteiger charge is -2.41. The molecule has 0 amide bonds. The van der Waals surface area contributed by atoms with Crippen LogP contribution >= 0.6 is 0 Å². The fourth-order valence-corrected chi connectivity index (χ4v) is 3.25. The van der Waals surface area contributed by atoms with Crippen molar-refractivity contribution in [2.24, 2.45) is 0 Å². The summed E-state index contributed by atoms with van der Waals surface area (Å²) in [5.74, 6) is -0.207. The molecule has 0 unspecified atom stereocenters. The minimum absolute atomic E-state index is 0.000553. The molecule has 3 rings (SSSR count). The number of aryl methyl sites for hydroxylation is 1. The molecule has 0 radical (unpaired) electrons. The van der Waals surface area contributed by atoms with Crippen molar-refractivity contribution < 1.29 is 14.2 Å². The summed E-state index contributed by atoms with van der Waals surface area (Å²) in [6, 6.07) is 15.0. The molecule has 0 spiro atoms. The van der Waals surface area contributed by atoms with Crippen LogP contribution in [0.5, 0.6) is 0 Å². The van der Waals surface area contributed by atoms with E-state index in [2.05, 4.69) is 17.0 Å². The first-order valence-electron chi connectivity index (χ1n) is 7.95. The molecular formula is C19H22FNO2. The Morgan fingerprint density at radius 1 is 1.22 bits per heavy atom. The predicted molar refractivity (Wildman–Crippen MR) is 87.6 cm³/mol. The third-order valence-electron chi connectivity index (χ3n) is 4.46. The van der Waals surface area contributed by atoms with E-state index in [9.17, 15) is 9.50 Å². The molecule has 0 bridgehead atoms. The average molecular weight is 315 g/mol. The first-order chi connectivity index (χ1) is 11.2. The topological polar surface area (TPSA) is 32.7 Å². The second kappa shape index (κ2) is 7.21. The number of morpholine rings is 1. The number of aliphatic hydroxyl groups is 1. The van der Waals surface area contributed by atoms with Gasteiger partial charge in [0.15, 0.2) is 0 Å².